The number of aryl methyl sites for hydroxylation is 1. The largest absolute Gasteiger partial charge is 0.319 e. The molecule has 3 rings (SSSR count). The summed E-state index contributed by atoms with van der Waals surface area (Å²) >= 11 is 1.39. The Kier molecular flexibility index (Phi) is 6.47. The van der Waals surface area contributed by atoms with Crippen LogP contribution in [0.1, 0.15) is 39.5 Å². The van der Waals surface area contributed by atoms with Gasteiger partial charge in [-0.1, -0.05) is 24.8 Å². The van der Waals surface area contributed by atoms with E-state index in [0.29, 0.717) is 23.0 Å². The Labute approximate surface area is 170 Å². The number of nitrogens with two attached hydrogens (primary N) is 1. The van der Waals surface area contributed by atoms with Gasteiger partial charge in [-0.05, 0) is 50.8 Å². The number of primary sulfonamides is 1. The van der Waals surface area contributed by atoms with Gasteiger partial charge in [0.2, 0.25) is 15.9 Å². The van der Waals surface area contributed by atoms with Gasteiger partial charge < -0.3 is 9.47 Å². The third kappa shape index (κ3) is 4.42. The van der Waals surface area contributed by atoms with Crippen LogP contribution in [0.4, 0.5) is 0 Å². The van der Waals surface area contributed by atoms with Crippen molar-refractivity contribution in [3.63, 3.8) is 0 Å². The molecule has 1 aromatic heterocycles. The lowest BCUT2D eigenvalue weighted by atomic mass is 10.3. The van der Waals surface area contributed by atoms with E-state index in [1.54, 1.807) is 6.07 Å². The summed E-state index contributed by atoms with van der Waals surface area (Å²) in [6.07, 6.45) is 6.13. The standard InChI is InChI=1S/C19H26N4O3S2/c1-3-11-23-17-10-9-15(28(20,25)26)12-16(17)21-19(23)27-13-18(24)22(4-2)14-7-5-6-8-14/h7,9-10,12H,3-6,8,11,13H2,1-2H3,(H2,20,25,26). The first-order valence-electron chi connectivity index (χ1n) is 9.50. The summed E-state index contributed by atoms with van der Waals surface area (Å²) in [5.74, 6) is 0.362. The maximum atomic E-state index is 12.7. The molecule has 0 radical (unpaired) electrons. The maximum absolute atomic E-state index is 12.7. The minimum atomic E-state index is -3.78. The summed E-state index contributed by atoms with van der Waals surface area (Å²) in [4.78, 5) is 19.2. The van der Waals surface area contributed by atoms with Crippen molar-refractivity contribution >= 4 is 38.7 Å². The fraction of sp³-hybridized carbons (Fsp3) is 0.474. The first-order valence-corrected chi connectivity index (χ1v) is 12.0. The summed E-state index contributed by atoms with van der Waals surface area (Å²) in [6, 6.07) is 4.71. The average molecular weight is 423 g/mol. The van der Waals surface area contributed by atoms with Crippen LogP contribution in [0.25, 0.3) is 11.0 Å². The Balaban J connectivity index is 1.85. The molecular formula is C19H26N4O3S2. The van der Waals surface area contributed by atoms with E-state index in [1.165, 1.54) is 23.9 Å². The van der Waals surface area contributed by atoms with E-state index < -0.39 is 10.0 Å². The van der Waals surface area contributed by atoms with Crippen molar-refractivity contribution in [3.05, 3.63) is 30.0 Å². The van der Waals surface area contributed by atoms with Gasteiger partial charge in [0.05, 0.1) is 21.7 Å². The average Bonchev–Trinajstić information content (AvgIpc) is 3.28. The number of aromatic nitrogens is 2. The molecule has 0 fully saturated rings. The van der Waals surface area contributed by atoms with Crippen LogP contribution in [0.3, 0.4) is 0 Å². The molecule has 152 valence electrons. The molecule has 1 amide bonds. The lowest BCUT2D eigenvalue weighted by Gasteiger charge is -2.22. The number of fused-ring (bicyclic) bond motifs is 1. The zero-order valence-corrected chi connectivity index (χ0v) is 17.9. The number of nitrogens with zero attached hydrogens (tertiary/aromatic N) is 3. The molecule has 1 aliphatic rings. The molecule has 1 aliphatic carbocycles. The van der Waals surface area contributed by atoms with Crippen LogP contribution in [0, 0.1) is 0 Å². The van der Waals surface area contributed by atoms with E-state index >= 15 is 0 Å². The van der Waals surface area contributed by atoms with Crippen molar-refractivity contribution in [2.24, 2.45) is 5.14 Å². The second-order valence-electron chi connectivity index (χ2n) is 6.76. The molecule has 9 heteroatoms. The molecule has 2 aromatic rings. The van der Waals surface area contributed by atoms with Gasteiger partial charge in [0.15, 0.2) is 5.16 Å². The monoisotopic (exact) mass is 422 g/mol. The van der Waals surface area contributed by atoms with Crippen LogP contribution in [0.5, 0.6) is 0 Å². The smallest absolute Gasteiger partial charge is 0.238 e. The SMILES string of the molecule is CCCn1c(SCC(=O)N(CC)C2=CCCC2)nc2cc(S(N)(=O)=O)ccc21. The predicted octanol–water partition coefficient (Wildman–Crippen LogP) is 3.10. The van der Waals surface area contributed by atoms with Crippen LogP contribution in [-0.2, 0) is 21.4 Å². The lowest BCUT2D eigenvalue weighted by Crippen LogP contribution is -2.31. The molecule has 0 atom stereocenters. The molecule has 28 heavy (non-hydrogen) atoms. The van der Waals surface area contributed by atoms with E-state index in [-0.39, 0.29) is 10.8 Å². The summed E-state index contributed by atoms with van der Waals surface area (Å²) < 4.78 is 25.3. The Morgan fingerprint density at radius 3 is 2.75 bits per heavy atom. The van der Waals surface area contributed by atoms with E-state index in [4.69, 9.17) is 5.14 Å². The van der Waals surface area contributed by atoms with Crippen LogP contribution in [0.15, 0.2) is 40.0 Å². The molecule has 1 aromatic carbocycles. The van der Waals surface area contributed by atoms with Crippen molar-refractivity contribution in [2.75, 3.05) is 12.3 Å². The van der Waals surface area contributed by atoms with Crippen molar-refractivity contribution in [1.82, 2.24) is 14.5 Å². The van der Waals surface area contributed by atoms with Gasteiger partial charge in [-0.15, -0.1) is 0 Å². The van der Waals surface area contributed by atoms with E-state index in [2.05, 4.69) is 18.0 Å². The van der Waals surface area contributed by atoms with Gasteiger partial charge in [0.25, 0.3) is 0 Å². The highest BCUT2D eigenvalue weighted by atomic mass is 32.2. The number of carbonyl (C=O) groups is 1. The fourth-order valence-corrected chi connectivity index (χ4v) is 4.91. The molecule has 0 unspecified atom stereocenters. The molecule has 0 aliphatic heterocycles. The highest BCUT2D eigenvalue weighted by molar-refractivity contribution is 7.99. The van der Waals surface area contributed by atoms with Crippen LogP contribution < -0.4 is 5.14 Å². The van der Waals surface area contributed by atoms with E-state index in [9.17, 15) is 13.2 Å². The number of benzene rings is 1. The first-order chi connectivity index (χ1) is 13.3. The van der Waals surface area contributed by atoms with Crippen molar-refractivity contribution in [1.29, 1.82) is 0 Å². The number of allylic oxidation sites excluding steroid dienone is 2. The summed E-state index contributed by atoms with van der Waals surface area (Å²) in [5.41, 5.74) is 2.53. The molecule has 0 bridgehead atoms. The number of hydrogen-bond donors (Lipinski definition) is 1. The minimum absolute atomic E-state index is 0.0408. The van der Waals surface area contributed by atoms with Gasteiger partial charge in [-0.25, -0.2) is 18.5 Å². The van der Waals surface area contributed by atoms with Gasteiger partial charge in [-0.3, -0.25) is 4.79 Å². The number of hydrogen-bond acceptors (Lipinski definition) is 5. The molecule has 0 spiro atoms. The Morgan fingerprint density at radius 2 is 2.14 bits per heavy atom. The van der Waals surface area contributed by atoms with Crippen molar-refractivity contribution in [2.45, 2.75) is 56.1 Å². The lowest BCUT2D eigenvalue weighted by molar-refractivity contribution is -0.126. The second kappa shape index (κ2) is 8.67. The number of imidazole rings is 1. The van der Waals surface area contributed by atoms with Crippen LogP contribution in [-0.4, -0.2) is 41.1 Å². The normalized spacial score (nSPS) is 14.5. The van der Waals surface area contributed by atoms with Crippen LogP contribution in [0.2, 0.25) is 0 Å². The quantitative estimate of drug-likeness (QED) is 0.659. The minimum Gasteiger partial charge on any atom is -0.319 e. The first kappa shape index (κ1) is 20.9. The highest BCUT2D eigenvalue weighted by Gasteiger charge is 2.21. The Hall–Kier alpha value is -1.84. The molecule has 2 N–H and O–H groups in total. The van der Waals surface area contributed by atoms with Gasteiger partial charge in [0, 0.05) is 18.8 Å². The summed E-state index contributed by atoms with van der Waals surface area (Å²) in [6.45, 7) is 5.46. The fourth-order valence-electron chi connectivity index (χ4n) is 3.46. The molecule has 0 saturated carbocycles. The van der Waals surface area contributed by atoms with E-state index in [0.717, 1.165) is 43.4 Å². The molecule has 7 nitrogen and oxygen atoms in total. The number of carbonyl (C=O) groups excluding carboxylic acids is 1. The number of sulfonamides is 1. The molecule has 0 saturated heterocycles. The van der Waals surface area contributed by atoms with Crippen molar-refractivity contribution in [3.8, 4) is 0 Å². The summed E-state index contributed by atoms with van der Waals surface area (Å²) in [7, 11) is -3.78. The number of amides is 1. The number of thioether (sulfide) groups is 1. The summed E-state index contributed by atoms with van der Waals surface area (Å²) in [5, 5.41) is 5.95. The Bertz CT molecular complexity index is 1010. The van der Waals surface area contributed by atoms with E-state index in [1.807, 2.05) is 16.4 Å². The third-order valence-electron chi connectivity index (χ3n) is 4.77. The number of rotatable bonds is 8. The maximum Gasteiger partial charge on any atom is 0.238 e. The van der Waals surface area contributed by atoms with Gasteiger partial charge >= 0.3 is 0 Å². The molecular weight excluding hydrogens is 396 g/mol. The Morgan fingerprint density at radius 1 is 1.36 bits per heavy atom. The zero-order chi connectivity index (χ0) is 20.3. The van der Waals surface area contributed by atoms with Crippen molar-refractivity contribution < 1.29 is 13.2 Å². The second-order valence-corrected chi connectivity index (χ2v) is 9.26. The zero-order valence-electron chi connectivity index (χ0n) is 16.2. The molecule has 1 heterocycles. The van der Waals surface area contributed by atoms with Gasteiger partial charge in [0.1, 0.15) is 0 Å². The van der Waals surface area contributed by atoms with Crippen LogP contribution >= 0.6 is 11.8 Å². The predicted molar refractivity (Wildman–Crippen MR) is 111 cm³/mol. The third-order valence-corrected chi connectivity index (χ3v) is 6.64. The highest BCUT2D eigenvalue weighted by Crippen LogP contribution is 2.28. The van der Waals surface area contributed by atoms with Gasteiger partial charge in [-0.2, -0.15) is 0 Å². The topological polar surface area (TPSA) is 98.3 Å².